The Kier molecular flexibility index (Phi) is 3.84. The number of carbonyl (C=O) groups excluding carboxylic acids is 1. The molecule has 1 aromatic heterocycles. The van der Waals surface area contributed by atoms with Gasteiger partial charge in [0, 0.05) is 24.7 Å². The van der Waals surface area contributed by atoms with Crippen molar-refractivity contribution < 1.29 is 4.79 Å². The molecule has 2 aliphatic heterocycles. The number of nitrogens with zero attached hydrogens (tertiary/aromatic N) is 4. The average molecular weight is 325 g/mol. The van der Waals surface area contributed by atoms with Crippen molar-refractivity contribution in [3.8, 4) is 0 Å². The number of hydrogen-bond donors (Lipinski definition) is 1. The number of rotatable bonds is 3. The number of amides is 1. The fourth-order valence-corrected chi connectivity index (χ4v) is 3.80. The van der Waals surface area contributed by atoms with Gasteiger partial charge in [-0.1, -0.05) is 18.2 Å². The highest BCUT2D eigenvalue weighted by Gasteiger charge is 2.30. The maximum Gasteiger partial charge on any atom is 0.243 e. The molecule has 0 unspecified atom stereocenters. The molecule has 6 nitrogen and oxygen atoms in total. The topological polar surface area (TPSA) is 63.1 Å². The van der Waals surface area contributed by atoms with E-state index in [1.165, 1.54) is 5.56 Å². The zero-order valence-corrected chi connectivity index (χ0v) is 14.2. The second kappa shape index (κ2) is 6.02. The number of benzene rings is 1. The largest absolute Gasteiger partial charge is 0.310 e. The Balaban J connectivity index is 1.42. The smallest absolute Gasteiger partial charge is 0.243 e. The van der Waals surface area contributed by atoms with Gasteiger partial charge in [-0.05, 0) is 38.3 Å². The average Bonchev–Trinajstić information content (AvgIpc) is 3.16. The molecule has 1 amide bonds. The lowest BCUT2D eigenvalue weighted by atomic mass is 10.1. The molecular formula is C18H23N5O. The van der Waals surface area contributed by atoms with Crippen molar-refractivity contribution in [2.24, 2.45) is 0 Å². The summed E-state index contributed by atoms with van der Waals surface area (Å²) in [5.41, 5.74) is 2.33. The molecule has 1 aromatic carbocycles. The highest BCUT2D eigenvalue weighted by molar-refractivity contribution is 5.98. The van der Waals surface area contributed by atoms with E-state index in [0.717, 1.165) is 49.7 Å². The van der Waals surface area contributed by atoms with Crippen LogP contribution in [0.5, 0.6) is 0 Å². The van der Waals surface area contributed by atoms with Crippen LogP contribution in [0.3, 0.4) is 0 Å². The number of aromatic nitrogens is 3. The predicted molar refractivity (Wildman–Crippen MR) is 92.0 cm³/mol. The third kappa shape index (κ3) is 2.71. The molecule has 0 saturated heterocycles. The highest BCUT2D eigenvalue weighted by atomic mass is 16.2. The van der Waals surface area contributed by atoms with Gasteiger partial charge in [0.2, 0.25) is 5.91 Å². The quantitative estimate of drug-likeness (QED) is 0.928. The van der Waals surface area contributed by atoms with Crippen LogP contribution in [0.2, 0.25) is 0 Å². The second-order valence-corrected chi connectivity index (χ2v) is 6.75. The van der Waals surface area contributed by atoms with Gasteiger partial charge < -0.3 is 10.2 Å². The van der Waals surface area contributed by atoms with Crippen molar-refractivity contribution in [2.75, 3.05) is 11.4 Å². The van der Waals surface area contributed by atoms with Crippen LogP contribution in [0.4, 0.5) is 5.69 Å². The first-order valence-electron chi connectivity index (χ1n) is 8.67. The maximum absolute atomic E-state index is 12.9. The van der Waals surface area contributed by atoms with Crippen LogP contribution in [0.1, 0.15) is 30.6 Å². The van der Waals surface area contributed by atoms with Crippen LogP contribution in [0.25, 0.3) is 0 Å². The number of nitrogens with one attached hydrogen (secondary N) is 1. The van der Waals surface area contributed by atoms with Gasteiger partial charge in [-0.2, -0.15) is 5.10 Å². The van der Waals surface area contributed by atoms with E-state index in [0.29, 0.717) is 0 Å². The molecule has 6 heteroatoms. The van der Waals surface area contributed by atoms with Crippen molar-refractivity contribution in [3.63, 3.8) is 0 Å². The molecule has 2 aromatic rings. The minimum atomic E-state index is -0.202. The zero-order valence-electron chi connectivity index (χ0n) is 14.2. The summed E-state index contributed by atoms with van der Waals surface area (Å²) in [6, 6.07) is 8.24. The van der Waals surface area contributed by atoms with Crippen molar-refractivity contribution in [2.45, 2.75) is 51.7 Å². The number of anilines is 1. The maximum atomic E-state index is 12.9. The Bertz CT molecular complexity index is 769. The minimum Gasteiger partial charge on any atom is -0.310 e. The van der Waals surface area contributed by atoms with Crippen molar-refractivity contribution >= 4 is 11.6 Å². The van der Waals surface area contributed by atoms with Crippen LogP contribution in [0.15, 0.2) is 24.3 Å². The van der Waals surface area contributed by atoms with Gasteiger partial charge in [-0.3, -0.25) is 4.79 Å². The van der Waals surface area contributed by atoms with Crippen LogP contribution >= 0.6 is 0 Å². The number of carbonyl (C=O) groups is 1. The van der Waals surface area contributed by atoms with Crippen molar-refractivity contribution in [1.82, 2.24) is 20.1 Å². The molecule has 4 rings (SSSR count). The van der Waals surface area contributed by atoms with E-state index in [1.54, 1.807) is 0 Å². The fourth-order valence-electron chi connectivity index (χ4n) is 3.80. The SMILES string of the molecule is Cc1nc2n(n1)C[C@@H](N[C@@H](C)C(=O)N1CCc3ccccc31)CC2. The Morgan fingerprint density at radius 2 is 2.17 bits per heavy atom. The number of fused-ring (bicyclic) bond motifs is 2. The third-order valence-corrected chi connectivity index (χ3v) is 4.97. The van der Waals surface area contributed by atoms with E-state index >= 15 is 0 Å². The van der Waals surface area contributed by atoms with E-state index < -0.39 is 0 Å². The normalized spacial score (nSPS) is 20.6. The van der Waals surface area contributed by atoms with E-state index in [9.17, 15) is 4.79 Å². The highest BCUT2D eigenvalue weighted by Crippen LogP contribution is 2.28. The summed E-state index contributed by atoms with van der Waals surface area (Å²) >= 11 is 0. The first-order valence-corrected chi connectivity index (χ1v) is 8.67. The van der Waals surface area contributed by atoms with E-state index in [-0.39, 0.29) is 18.0 Å². The van der Waals surface area contributed by atoms with Crippen LogP contribution in [0, 0.1) is 6.92 Å². The van der Waals surface area contributed by atoms with E-state index in [1.807, 2.05) is 41.6 Å². The molecule has 126 valence electrons. The van der Waals surface area contributed by atoms with Crippen LogP contribution < -0.4 is 10.2 Å². The van der Waals surface area contributed by atoms with Crippen molar-refractivity contribution in [3.05, 3.63) is 41.5 Å². The summed E-state index contributed by atoms with van der Waals surface area (Å²) < 4.78 is 1.97. The second-order valence-electron chi connectivity index (χ2n) is 6.75. The van der Waals surface area contributed by atoms with Crippen molar-refractivity contribution in [1.29, 1.82) is 0 Å². The molecule has 0 saturated carbocycles. The predicted octanol–water partition coefficient (Wildman–Crippen LogP) is 1.47. The zero-order chi connectivity index (χ0) is 16.7. The molecule has 3 heterocycles. The summed E-state index contributed by atoms with van der Waals surface area (Å²) in [5, 5.41) is 7.93. The monoisotopic (exact) mass is 325 g/mol. The molecule has 0 spiro atoms. The number of aryl methyl sites for hydroxylation is 2. The molecule has 0 bridgehead atoms. The van der Waals surface area contributed by atoms with E-state index in [4.69, 9.17) is 0 Å². The summed E-state index contributed by atoms with van der Waals surface area (Å²) in [5.74, 6) is 2.03. The summed E-state index contributed by atoms with van der Waals surface area (Å²) in [7, 11) is 0. The van der Waals surface area contributed by atoms with Crippen LogP contribution in [-0.4, -0.2) is 39.3 Å². The molecule has 2 atom stereocenters. The standard InChI is InChI=1S/C18H23N5O/c1-12(18(24)22-10-9-14-5-3-4-6-16(14)22)19-15-7-8-17-20-13(2)21-23(17)11-15/h3-6,12,15,19H,7-11H2,1-2H3/t12-,15-/m0/s1. The minimum absolute atomic E-state index is 0.153. The van der Waals surface area contributed by atoms with Gasteiger partial charge >= 0.3 is 0 Å². The lowest BCUT2D eigenvalue weighted by Crippen LogP contribution is -2.50. The van der Waals surface area contributed by atoms with E-state index in [2.05, 4.69) is 21.5 Å². The van der Waals surface area contributed by atoms with Gasteiger partial charge in [-0.15, -0.1) is 0 Å². The Labute approximate surface area is 141 Å². The summed E-state index contributed by atoms with van der Waals surface area (Å²) in [6.45, 7) is 5.45. The Morgan fingerprint density at radius 3 is 3.04 bits per heavy atom. The summed E-state index contributed by atoms with van der Waals surface area (Å²) in [4.78, 5) is 19.2. The molecule has 24 heavy (non-hydrogen) atoms. The molecule has 1 N–H and O–H groups in total. The van der Waals surface area contributed by atoms with Crippen LogP contribution in [-0.2, 0) is 24.2 Å². The van der Waals surface area contributed by atoms with Gasteiger partial charge in [0.1, 0.15) is 11.6 Å². The molecule has 0 aliphatic carbocycles. The van der Waals surface area contributed by atoms with Gasteiger partial charge in [0.05, 0.1) is 12.6 Å². The third-order valence-electron chi connectivity index (χ3n) is 4.97. The number of para-hydroxylation sites is 1. The molecule has 0 radical (unpaired) electrons. The van der Waals surface area contributed by atoms with Gasteiger partial charge in [0.15, 0.2) is 0 Å². The van der Waals surface area contributed by atoms with Gasteiger partial charge in [-0.25, -0.2) is 9.67 Å². The first kappa shape index (κ1) is 15.3. The lowest BCUT2D eigenvalue weighted by Gasteiger charge is -2.29. The lowest BCUT2D eigenvalue weighted by molar-refractivity contribution is -0.120. The Hall–Kier alpha value is -2.21. The molecular weight excluding hydrogens is 302 g/mol. The number of hydrogen-bond acceptors (Lipinski definition) is 4. The molecule has 2 aliphatic rings. The summed E-state index contributed by atoms with van der Waals surface area (Å²) in [6.07, 6.45) is 2.85. The molecule has 0 fully saturated rings. The Morgan fingerprint density at radius 1 is 1.33 bits per heavy atom. The fraction of sp³-hybridized carbons (Fsp3) is 0.500. The first-order chi connectivity index (χ1) is 11.6. The van der Waals surface area contributed by atoms with Gasteiger partial charge in [0.25, 0.3) is 0 Å².